The Morgan fingerprint density at radius 1 is 1.38 bits per heavy atom. The summed E-state index contributed by atoms with van der Waals surface area (Å²) in [4.78, 5) is 0. The van der Waals surface area contributed by atoms with Crippen LogP contribution in [0.25, 0.3) is 0 Å². The van der Waals surface area contributed by atoms with Gasteiger partial charge in [-0.25, -0.2) is 13.6 Å². The number of ether oxygens (including phenoxy) is 1. The number of primary sulfonamides is 1. The lowest BCUT2D eigenvalue weighted by Crippen LogP contribution is -2.22. The van der Waals surface area contributed by atoms with Gasteiger partial charge in [0.15, 0.2) is 0 Å². The third kappa shape index (κ3) is 2.40. The maximum atomic E-state index is 11.6. The Balaban J connectivity index is 2.13. The smallest absolute Gasteiger partial charge is 0.273 e. The van der Waals surface area contributed by atoms with Crippen molar-refractivity contribution in [2.75, 3.05) is 6.61 Å². The molecule has 2 aromatic rings. The maximum absolute atomic E-state index is 11.6. The van der Waals surface area contributed by atoms with Crippen molar-refractivity contribution < 1.29 is 13.2 Å². The van der Waals surface area contributed by atoms with Crippen molar-refractivity contribution in [3.63, 3.8) is 0 Å². The van der Waals surface area contributed by atoms with Crippen LogP contribution in [-0.4, -0.2) is 29.8 Å². The predicted molar refractivity (Wildman–Crippen MR) is 75.5 cm³/mol. The summed E-state index contributed by atoms with van der Waals surface area (Å²) >= 11 is 0. The van der Waals surface area contributed by atoms with Gasteiger partial charge in [0.05, 0.1) is 12.5 Å². The monoisotopic (exact) mass is 308 g/mol. The van der Waals surface area contributed by atoms with E-state index in [1.807, 2.05) is 31.2 Å². The number of sulfonamides is 1. The van der Waals surface area contributed by atoms with Gasteiger partial charge in [-0.1, -0.05) is 18.2 Å². The standard InChI is InChI=1S/C13H16N4O3S/c1-2-17-12(15-16-13(17)21(14,18)19)10-7-8-20-11-6-4-3-5-9(10)11/h3-6,10H,2,7-8H2,1H3,(H2,14,18,19). The van der Waals surface area contributed by atoms with E-state index in [2.05, 4.69) is 10.2 Å². The fourth-order valence-electron chi connectivity index (χ4n) is 2.68. The molecule has 1 aliphatic rings. The first kappa shape index (κ1) is 14.0. The van der Waals surface area contributed by atoms with Gasteiger partial charge in [-0.15, -0.1) is 10.2 Å². The Morgan fingerprint density at radius 3 is 2.86 bits per heavy atom. The number of para-hydroxylation sites is 1. The van der Waals surface area contributed by atoms with Crippen molar-refractivity contribution in [2.24, 2.45) is 5.14 Å². The lowest BCUT2D eigenvalue weighted by atomic mass is 9.92. The normalized spacial score (nSPS) is 18.1. The van der Waals surface area contributed by atoms with Crippen LogP contribution in [0, 0.1) is 0 Å². The molecule has 8 heteroatoms. The minimum absolute atomic E-state index is 0.0436. The molecular formula is C13H16N4O3S. The maximum Gasteiger partial charge on any atom is 0.273 e. The molecule has 0 aliphatic carbocycles. The number of benzene rings is 1. The molecule has 0 bridgehead atoms. The number of rotatable bonds is 3. The average Bonchev–Trinajstić information content (AvgIpc) is 2.90. The molecule has 0 saturated heterocycles. The highest BCUT2D eigenvalue weighted by Crippen LogP contribution is 2.37. The van der Waals surface area contributed by atoms with Gasteiger partial charge in [-0.3, -0.25) is 0 Å². The third-order valence-corrected chi connectivity index (χ3v) is 4.40. The predicted octanol–water partition coefficient (Wildman–Crippen LogP) is 0.860. The van der Waals surface area contributed by atoms with Gasteiger partial charge in [-0.2, -0.15) is 0 Å². The van der Waals surface area contributed by atoms with Gasteiger partial charge in [0.25, 0.3) is 15.2 Å². The van der Waals surface area contributed by atoms with Crippen LogP contribution in [0.3, 0.4) is 0 Å². The van der Waals surface area contributed by atoms with E-state index in [-0.39, 0.29) is 11.1 Å². The topological polar surface area (TPSA) is 100 Å². The molecule has 2 heterocycles. The molecule has 1 unspecified atom stereocenters. The van der Waals surface area contributed by atoms with Gasteiger partial charge in [0.1, 0.15) is 11.6 Å². The molecule has 0 saturated carbocycles. The van der Waals surface area contributed by atoms with E-state index in [4.69, 9.17) is 9.88 Å². The second kappa shape index (κ2) is 5.12. The molecule has 3 rings (SSSR count). The molecule has 0 amide bonds. The first-order chi connectivity index (χ1) is 10.0. The van der Waals surface area contributed by atoms with Gasteiger partial charge in [0.2, 0.25) is 0 Å². The quantitative estimate of drug-likeness (QED) is 0.906. The number of nitrogens with two attached hydrogens (primary N) is 1. The zero-order valence-electron chi connectivity index (χ0n) is 11.6. The summed E-state index contributed by atoms with van der Waals surface area (Å²) in [5.41, 5.74) is 0.992. The van der Waals surface area contributed by atoms with Crippen LogP contribution in [0.15, 0.2) is 29.4 Å². The average molecular weight is 308 g/mol. The lowest BCUT2D eigenvalue weighted by Gasteiger charge is -2.25. The van der Waals surface area contributed by atoms with E-state index >= 15 is 0 Å². The van der Waals surface area contributed by atoms with Gasteiger partial charge in [-0.05, 0) is 19.4 Å². The summed E-state index contributed by atoms with van der Waals surface area (Å²) in [6.07, 6.45) is 0.722. The fourth-order valence-corrected chi connectivity index (χ4v) is 3.36. The van der Waals surface area contributed by atoms with Crippen LogP contribution < -0.4 is 9.88 Å². The molecule has 7 nitrogen and oxygen atoms in total. The first-order valence-electron chi connectivity index (χ1n) is 6.70. The SMILES string of the molecule is CCn1c(C2CCOc3ccccc32)nnc1S(N)(=O)=O. The van der Waals surface area contributed by atoms with Gasteiger partial charge < -0.3 is 9.30 Å². The van der Waals surface area contributed by atoms with E-state index < -0.39 is 10.0 Å². The molecule has 1 atom stereocenters. The highest BCUT2D eigenvalue weighted by atomic mass is 32.2. The zero-order chi connectivity index (χ0) is 15.0. The number of hydrogen-bond acceptors (Lipinski definition) is 5. The van der Waals surface area contributed by atoms with E-state index in [1.165, 1.54) is 0 Å². The Hall–Kier alpha value is -1.93. The third-order valence-electron chi connectivity index (χ3n) is 3.59. The Morgan fingerprint density at radius 2 is 2.14 bits per heavy atom. The van der Waals surface area contributed by atoms with Crippen LogP contribution in [0.2, 0.25) is 0 Å². The fraction of sp³-hybridized carbons (Fsp3) is 0.385. The van der Waals surface area contributed by atoms with Crippen LogP contribution in [-0.2, 0) is 16.6 Å². The minimum Gasteiger partial charge on any atom is -0.493 e. The Bertz CT molecular complexity index is 769. The van der Waals surface area contributed by atoms with E-state index in [0.29, 0.717) is 19.0 Å². The number of fused-ring (bicyclic) bond motifs is 1. The largest absolute Gasteiger partial charge is 0.493 e. The Kier molecular flexibility index (Phi) is 3.42. The molecular weight excluding hydrogens is 292 g/mol. The van der Waals surface area contributed by atoms with Crippen LogP contribution in [0.4, 0.5) is 0 Å². The minimum atomic E-state index is -3.88. The summed E-state index contributed by atoms with van der Waals surface area (Å²) in [6, 6.07) is 7.69. The molecule has 0 spiro atoms. The van der Waals surface area contributed by atoms with Gasteiger partial charge >= 0.3 is 0 Å². The summed E-state index contributed by atoms with van der Waals surface area (Å²) in [7, 11) is -3.88. The van der Waals surface area contributed by atoms with E-state index in [0.717, 1.165) is 17.7 Å². The molecule has 1 aromatic heterocycles. The molecule has 1 aromatic carbocycles. The van der Waals surface area contributed by atoms with Crippen LogP contribution in [0.5, 0.6) is 5.75 Å². The summed E-state index contributed by atoms with van der Waals surface area (Å²) < 4.78 is 30.3. The second-order valence-corrected chi connectivity index (χ2v) is 6.31. The molecule has 2 N–H and O–H groups in total. The number of aromatic nitrogens is 3. The van der Waals surface area contributed by atoms with Gasteiger partial charge in [0, 0.05) is 12.1 Å². The number of hydrogen-bond donors (Lipinski definition) is 1. The Labute approximate surface area is 122 Å². The highest BCUT2D eigenvalue weighted by molar-refractivity contribution is 7.89. The van der Waals surface area contributed by atoms with E-state index in [9.17, 15) is 8.42 Å². The van der Waals surface area contributed by atoms with Crippen LogP contribution in [0.1, 0.15) is 30.7 Å². The van der Waals surface area contributed by atoms with Crippen molar-refractivity contribution in [2.45, 2.75) is 31.0 Å². The molecule has 112 valence electrons. The van der Waals surface area contributed by atoms with Crippen molar-refractivity contribution in [1.29, 1.82) is 0 Å². The summed E-state index contributed by atoms with van der Waals surface area (Å²) in [6.45, 7) is 2.84. The van der Waals surface area contributed by atoms with Crippen molar-refractivity contribution >= 4 is 10.0 Å². The second-order valence-electron chi connectivity index (χ2n) is 4.86. The van der Waals surface area contributed by atoms with Crippen molar-refractivity contribution in [3.8, 4) is 5.75 Å². The van der Waals surface area contributed by atoms with Crippen molar-refractivity contribution in [1.82, 2.24) is 14.8 Å². The van der Waals surface area contributed by atoms with Crippen LogP contribution >= 0.6 is 0 Å². The summed E-state index contributed by atoms with van der Waals surface area (Å²) in [5.74, 6) is 1.37. The number of nitrogens with zero attached hydrogens (tertiary/aromatic N) is 3. The zero-order valence-corrected chi connectivity index (χ0v) is 12.4. The highest BCUT2D eigenvalue weighted by Gasteiger charge is 2.30. The molecule has 1 aliphatic heterocycles. The lowest BCUT2D eigenvalue weighted by molar-refractivity contribution is 0.272. The molecule has 0 fully saturated rings. The van der Waals surface area contributed by atoms with E-state index in [1.54, 1.807) is 4.57 Å². The first-order valence-corrected chi connectivity index (χ1v) is 8.24. The summed E-state index contributed by atoms with van der Waals surface area (Å²) in [5, 5.41) is 12.8. The molecule has 21 heavy (non-hydrogen) atoms. The van der Waals surface area contributed by atoms with Crippen molar-refractivity contribution in [3.05, 3.63) is 35.7 Å². The molecule has 0 radical (unpaired) electrons.